The van der Waals surface area contributed by atoms with Gasteiger partial charge in [-0.25, -0.2) is 9.59 Å². The molecule has 52 heavy (non-hydrogen) atoms. The average Bonchev–Trinajstić information content (AvgIpc) is 3.07. The summed E-state index contributed by atoms with van der Waals surface area (Å²) in [7, 11) is 0. The van der Waals surface area contributed by atoms with Crippen molar-refractivity contribution in [3.8, 4) is 0 Å². The number of imide groups is 2. The van der Waals surface area contributed by atoms with Crippen molar-refractivity contribution in [2.45, 2.75) is 53.6 Å². The lowest BCUT2D eigenvalue weighted by atomic mass is 9.81. The number of hydrogen-bond acceptors (Lipinski definition) is 8. The van der Waals surface area contributed by atoms with Gasteiger partial charge < -0.3 is 9.47 Å². The molecule has 4 amide bonds. The molecule has 0 unspecified atom stereocenters. The van der Waals surface area contributed by atoms with Gasteiger partial charge in [0.05, 0.1) is 35.5 Å². The zero-order valence-corrected chi connectivity index (χ0v) is 31.7. The summed E-state index contributed by atoms with van der Waals surface area (Å²) in [6.07, 6.45) is 0. The van der Waals surface area contributed by atoms with Crippen molar-refractivity contribution < 1.29 is 38.2 Å². The average molecular weight is 784 g/mol. The van der Waals surface area contributed by atoms with Gasteiger partial charge in [0.1, 0.15) is 12.1 Å². The van der Waals surface area contributed by atoms with E-state index in [9.17, 15) is 28.8 Å². The fourth-order valence-corrected chi connectivity index (χ4v) is 9.00. The van der Waals surface area contributed by atoms with Crippen LogP contribution in [-0.2, 0) is 19.1 Å². The van der Waals surface area contributed by atoms with Crippen molar-refractivity contribution in [1.29, 1.82) is 0 Å². The third kappa shape index (κ3) is 4.84. The zero-order valence-electron chi connectivity index (χ0n) is 28.7. The van der Waals surface area contributed by atoms with Crippen molar-refractivity contribution >= 4 is 125 Å². The number of fused-ring (bicyclic) bond motifs is 2. The van der Waals surface area contributed by atoms with Crippen molar-refractivity contribution in [2.75, 3.05) is 13.2 Å². The molecule has 0 saturated carbocycles. The molecule has 2 atom stereocenters. The van der Waals surface area contributed by atoms with E-state index in [-0.39, 0.29) is 66.3 Å². The van der Waals surface area contributed by atoms with Crippen LogP contribution in [0.5, 0.6) is 0 Å². The van der Waals surface area contributed by atoms with Crippen LogP contribution in [0.3, 0.4) is 0 Å². The minimum absolute atomic E-state index is 0.0453. The number of carbonyl (C=O) groups is 6. The predicted molar refractivity (Wildman–Crippen MR) is 199 cm³/mol. The molecule has 2 heterocycles. The highest BCUT2D eigenvalue weighted by Crippen LogP contribution is 2.54. The lowest BCUT2D eigenvalue weighted by Crippen LogP contribution is -2.53. The molecule has 10 nitrogen and oxygen atoms in total. The van der Waals surface area contributed by atoms with Gasteiger partial charge in [-0.2, -0.15) is 0 Å². The largest absolute Gasteiger partial charge is 0.464 e. The molecule has 2 aliphatic rings. The maximum absolute atomic E-state index is 14.3. The topological polar surface area (TPSA) is 127 Å². The molecule has 268 valence electrons. The summed E-state index contributed by atoms with van der Waals surface area (Å²) in [6.45, 7) is 10.1. The second kappa shape index (κ2) is 12.7. The van der Waals surface area contributed by atoms with Gasteiger partial charge >= 0.3 is 11.9 Å². The van der Waals surface area contributed by atoms with E-state index < -0.39 is 59.5 Å². The number of esters is 2. The van der Waals surface area contributed by atoms with Crippen LogP contribution in [0.2, 0.25) is 20.1 Å². The summed E-state index contributed by atoms with van der Waals surface area (Å²) < 4.78 is 10.5. The van der Waals surface area contributed by atoms with E-state index in [1.54, 1.807) is 41.5 Å². The molecular formula is C38H30Cl4N2O8. The zero-order chi connectivity index (χ0) is 37.8. The van der Waals surface area contributed by atoms with E-state index in [0.29, 0.717) is 32.3 Å². The first kappa shape index (κ1) is 36.2. The number of nitrogens with zero attached hydrogens (tertiary/aromatic N) is 2. The molecule has 0 bridgehead atoms. The first-order valence-electron chi connectivity index (χ1n) is 16.7. The van der Waals surface area contributed by atoms with Crippen LogP contribution < -0.4 is 0 Å². The first-order chi connectivity index (χ1) is 24.6. The van der Waals surface area contributed by atoms with Crippen molar-refractivity contribution in [3.05, 3.63) is 66.6 Å². The van der Waals surface area contributed by atoms with Crippen LogP contribution in [0, 0.1) is 11.8 Å². The van der Waals surface area contributed by atoms with Crippen LogP contribution in [0.15, 0.2) is 24.3 Å². The summed E-state index contributed by atoms with van der Waals surface area (Å²) in [4.78, 5) is 85.1. The van der Waals surface area contributed by atoms with Gasteiger partial charge in [0, 0.05) is 63.2 Å². The summed E-state index contributed by atoms with van der Waals surface area (Å²) in [5, 5.41) is 2.56. The number of rotatable bonds is 8. The Morgan fingerprint density at radius 2 is 0.750 bits per heavy atom. The molecule has 5 aromatic rings. The van der Waals surface area contributed by atoms with E-state index in [2.05, 4.69) is 0 Å². The third-order valence-corrected chi connectivity index (χ3v) is 11.0. The Kier molecular flexibility index (Phi) is 8.85. The highest BCUT2D eigenvalue weighted by Gasteiger charge is 2.46. The highest BCUT2D eigenvalue weighted by molar-refractivity contribution is 6.56. The fourth-order valence-electron chi connectivity index (χ4n) is 7.81. The SMILES string of the molecule is CCOC(=O)[C@H](C(C)C)N1C(=O)c2cc(Cl)c3c4c(Cl)cc5c6c(cc(Cl)c(c7c(Cl)cc(c2c37)C1=O)c64)C(=O)N([C@H](C(=O)OCC)C(C)C)C5=O. The van der Waals surface area contributed by atoms with Gasteiger partial charge in [-0.15, -0.1) is 0 Å². The van der Waals surface area contributed by atoms with E-state index in [0.717, 1.165) is 9.80 Å². The van der Waals surface area contributed by atoms with E-state index in [1.165, 1.54) is 24.3 Å². The monoisotopic (exact) mass is 782 g/mol. The minimum atomic E-state index is -1.23. The summed E-state index contributed by atoms with van der Waals surface area (Å²) in [5.74, 6) is -5.47. The molecule has 0 radical (unpaired) electrons. The van der Waals surface area contributed by atoms with Gasteiger partial charge in [0.15, 0.2) is 0 Å². The summed E-state index contributed by atoms with van der Waals surface area (Å²) >= 11 is 28.2. The lowest BCUT2D eigenvalue weighted by Gasteiger charge is -2.36. The Morgan fingerprint density at radius 1 is 0.500 bits per heavy atom. The van der Waals surface area contributed by atoms with Crippen molar-refractivity contribution in [2.24, 2.45) is 11.8 Å². The van der Waals surface area contributed by atoms with Crippen molar-refractivity contribution in [1.82, 2.24) is 9.80 Å². The molecular weight excluding hydrogens is 754 g/mol. The molecule has 0 N–H and O–H groups in total. The van der Waals surface area contributed by atoms with Gasteiger partial charge in [0.25, 0.3) is 23.6 Å². The Labute approximate surface area is 317 Å². The summed E-state index contributed by atoms with van der Waals surface area (Å²) in [6, 6.07) is 3.17. The highest BCUT2D eigenvalue weighted by atomic mass is 35.5. The Balaban J connectivity index is 1.58. The van der Waals surface area contributed by atoms with Crippen LogP contribution in [0.1, 0.15) is 83.0 Å². The third-order valence-electron chi connectivity index (χ3n) is 9.79. The fraction of sp³-hybridized carbons (Fsp3) is 0.316. The van der Waals surface area contributed by atoms with Crippen LogP contribution in [0.25, 0.3) is 43.1 Å². The molecule has 7 rings (SSSR count). The van der Waals surface area contributed by atoms with Gasteiger partial charge in [-0.3, -0.25) is 29.0 Å². The molecule has 0 spiro atoms. The number of ether oxygens (including phenoxy) is 2. The smallest absolute Gasteiger partial charge is 0.329 e. The van der Waals surface area contributed by atoms with E-state index in [1.807, 2.05) is 0 Å². The van der Waals surface area contributed by atoms with Crippen LogP contribution >= 0.6 is 46.4 Å². The molecule has 5 aromatic carbocycles. The van der Waals surface area contributed by atoms with Gasteiger partial charge in [-0.1, -0.05) is 74.1 Å². The van der Waals surface area contributed by atoms with Crippen LogP contribution in [-0.4, -0.2) is 70.7 Å². The molecule has 0 saturated heterocycles. The first-order valence-corrected chi connectivity index (χ1v) is 18.2. The van der Waals surface area contributed by atoms with Crippen LogP contribution in [0.4, 0.5) is 0 Å². The second-order valence-electron chi connectivity index (χ2n) is 13.5. The Morgan fingerprint density at radius 3 is 0.962 bits per heavy atom. The lowest BCUT2D eigenvalue weighted by molar-refractivity contribution is -0.150. The van der Waals surface area contributed by atoms with E-state index >= 15 is 0 Å². The van der Waals surface area contributed by atoms with E-state index in [4.69, 9.17) is 55.9 Å². The number of hydrogen-bond donors (Lipinski definition) is 0. The number of carbonyl (C=O) groups excluding carboxylic acids is 6. The maximum atomic E-state index is 14.3. The normalized spacial score (nSPS) is 15.7. The standard InChI is InChI=1S/C38H30Cl4N2O8/c1-7-51-37(49)31(13(3)4)43-33(45)15-9-19(39)25-27-21(41)11-17-24-18(36(48)44(35(17)47)32(14(5)6)38(50)52-8-2)12-22(42)28(30(24)27)26-20(40)10-16(34(43)46)23(15)29(25)26/h9-14,31-32H,7-8H2,1-6H3/t31-,32-/m0/s1. The van der Waals surface area contributed by atoms with Gasteiger partial charge in [0.2, 0.25) is 0 Å². The minimum Gasteiger partial charge on any atom is -0.464 e. The maximum Gasteiger partial charge on any atom is 0.329 e. The quantitative estimate of drug-likeness (QED) is 0.0662. The Hall–Kier alpha value is -4.22. The molecule has 14 heteroatoms. The molecule has 0 aromatic heterocycles. The molecule has 2 aliphatic heterocycles. The molecule has 0 aliphatic carbocycles. The number of amides is 4. The summed E-state index contributed by atoms with van der Waals surface area (Å²) in [5.41, 5.74) is 0.193. The number of benzene rings is 5. The molecule has 0 fully saturated rings. The second-order valence-corrected chi connectivity index (χ2v) is 15.1. The Bertz CT molecular complexity index is 2190. The van der Waals surface area contributed by atoms with Crippen molar-refractivity contribution in [3.63, 3.8) is 0 Å². The van der Waals surface area contributed by atoms with Gasteiger partial charge in [-0.05, 0) is 49.9 Å². The predicted octanol–water partition coefficient (Wildman–Crippen LogP) is 8.72. The number of halogens is 4.